The summed E-state index contributed by atoms with van der Waals surface area (Å²) in [4.78, 5) is 17.9. The second-order valence-electron chi connectivity index (χ2n) is 23.8. The van der Waals surface area contributed by atoms with Gasteiger partial charge in [-0.25, -0.2) is 31.7 Å². The molecule has 6 rings (SSSR count). The normalized spacial score (nSPS) is 27.4. The zero-order valence-electron chi connectivity index (χ0n) is 42.7. The van der Waals surface area contributed by atoms with Crippen molar-refractivity contribution in [3.05, 3.63) is 82.4 Å². The first kappa shape index (κ1) is 53.3. The second-order valence-corrected chi connectivity index (χ2v) is 33.3. The molecule has 0 bridgehead atoms. The number of oxazole rings is 1. The monoisotopic (exact) mass is 975 g/mol. The van der Waals surface area contributed by atoms with Crippen molar-refractivity contribution in [1.82, 2.24) is 4.98 Å². The topological polar surface area (TPSA) is 82.8 Å². The number of hydrogen-bond donors (Lipinski definition) is 1. The maximum Gasteiger partial charge on any atom is 0.412 e. The van der Waals surface area contributed by atoms with Crippen molar-refractivity contribution in [3.8, 4) is 0 Å². The Morgan fingerprint density at radius 3 is 2.16 bits per heavy atom. The molecule has 1 aromatic carbocycles. The molecular formula is C53H79F5N2O5Si2. The van der Waals surface area contributed by atoms with Crippen molar-refractivity contribution in [2.45, 2.75) is 206 Å². The van der Waals surface area contributed by atoms with Crippen LogP contribution in [-0.4, -0.2) is 39.9 Å². The van der Waals surface area contributed by atoms with Gasteiger partial charge in [-0.15, -0.1) is 0 Å². The van der Waals surface area contributed by atoms with Crippen LogP contribution >= 0.6 is 0 Å². The summed E-state index contributed by atoms with van der Waals surface area (Å²) in [6.45, 7) is 34.5. The number of benzene rings is 1. The summed E-state index contributed by atoms with van der Waals surface area (Å²) >= 11 is 0. The zero-order valence-corrected chi connectivity index (χ0v) is 44.7. The van der Waals surface area contributed by atoms with Gasteiger partial charge in [0.15, 0.2) is 39.9 Å². The highest BCUT2D eigenvalue weighted by molar-refractivity contribution is 6.74. The van der Waals surface area contributed by atoms with Crippen LogP contribution in [0.1, 0.15) is 157 Å². The number of aryl methyl sites for hydroxylation is 1. The highest BCUT2D eigenvalue weighted by Gasteiger charge is 2.55. The molecule has 0 radical (unpaired) electrons. The lowest BCUT2D eigenvalue weighted by Gasteiger charge is -2.50. The summed E-state index contributed by atoms with van der Waals surface area (Å²) in [5.41, 5.74) is 1.36. The van der Waals surface area contributed by atoms with Gasteiger partial charge in [-0.3, -0.25) is 5.32 Å². The van der Waals surface area contributed by atoms with Crippen LogP contribution in [0, 0.1) is 58.2 Å². The number of fused-ring (bicyclic) bond motifs is 1. The third-order valence-electron chi connectivity index (χ3n) is 17.0. The van der Waals surface area contributed by atoms with Crippen LogP contribution in [-0.2, 0) is 25.6 Å². The van der Waals surface area contributed by atoms with Gasteiger partial charge in [0.1, 0.15) is 23.2 Å². The number of carbonyl (C=O) groups excluding carboxylic acids is 1. The molecule has 1 amide bonds. The summed E-state index contributed by atoms with van der Waals surface area (Å²) in [6.07, 6.45) is 16.9. The molecule has 1 heterocycles. The molecule has 4 fully saturated rings. The zero-order chi connectivity index (χ0) is 49.7. The van der Waals surface area contributed by atoms with Crippen LogP contribution in [0.3, 0.4) is 0 Å². The van der Waals surface area contributed by atoms with Gasteiger partial charge in [-0.1, -0.05) is 93.0 Å². The molecule has 374 valence electrons. The average Bonchev–Trinajstić information content (AvgIpc) is 3.86. The van der Waals surface area contributed by atoms with Gasteiger partial charge in [0.25, 0.3) is 0 Å². The number of anilines is 1. The minimum absolute atomic E-state index is 0.0186. The molecule has 4 aliphatic carbocycles. The van der Waals surface area contributed by atoms with E-state index in [4.69, 9.17) is 29.6 Å². The predicted octanol–water partition coefficient (Wildman–Crippen LogP) is 16.2. The highest BCUT2D eigenvalue weighted by atomic mass is 28.4. The van der Waals surface area contributed by atoms with Crippen molar-refractivity contribution in [3.63, 3.8) is 0 Å². The maximum absolute atomic E-state index is 14.4. The number of amides is 1. The lowest BCUT2D eigenvalue weighted by Crippen LogP contribution is -2.53. The SMILES string of the molecule is C=C1C(=CC=C2CCC[C@]3(C)[C@@H]([C@H](C)CC[C@@H](OC(=O)Nc4c(F)c(F)c(F)c(F)c4F)C4CC4)CC[C@@H]23)C[C@](O[Si](C)(C)C(C)(C)C)(c2ncc(CCCC)o2)C[C@@H]1O[Si](C)(C)C(C)(C)C. The van der Waals surface area contributed by atoms with E-state index in [2.05, 4.69) is 101 Å². The Bertz CT molecular complexity index is 2180. The number of nitrogens with one attached hydrogen (secondary N) is 1. The number of hydrogen-bond acceptors (Lipinski definition) is 6. The number of nitrogens with zero attached hydrogens (tertiary/aromatic N) is 1. The van der Waals surface area contributed by atoms with E-state index in [1.54, 1.807) is 5.32 Å². The first-order chi connectivity index (χ1) is 31.1. The minimum atomic E-state index is -2.40. The van der Waals surface area contributed by atoms with E-state index in [0.717, 1.165) is 87.5 Å². The van der Waals surface area contributed by atoms with Crippen LogP contribution < -0.4 is 5.32 Å². The predicted molar refractivity (Wildman–Crippen MR) is 261 cm³/mol. The molecule has 0 unspecified atom stereocenters. The number of allylic oxidation sites excluding steroid dienone is 3. The van der Waals surface area contributed by atoms with Crippen LogP contribution in [0.4, 0.5) is 32.4 Å². The van der Waals surface area contributed by atoms with Gasteiger partial charge < -0.3 is 18.0 Å². The summed E-state index contributed by atoms with van der Waals surface area (Å²) < 4.78 is 97.3. The highest BCUT2D eigenvalue weighted by Crippen LogP contribution is 2.60. The number of aromatic nitrogens is 1. The standard InChI is InChI=1S/C53H79F5N2O5Si2/c1-15-16-19-37-31-59-48(62-37)53(65-67(13,14)51(7,8)9)29-36(33(3)41(30-53)64-66(11,12)50(4,5)6)24-21-34-18-17-28-52(10)38(25-26-39(34)52)32(2)20-27-40(35-22-23-35)63-49(61)60-47-45(57)43(55)42(54)44(56)46(47)58/h21,24,31-32,35,38-41H,3,15-20,22-23,25-30H2,1-2,4-14H3,(H,60,61)/t32-,38-,39+,40-,41+,52-,53-/m1/s1. The lowest BCUT2D eigenvalue weighted by molar-refractivity contribution is -0.0234. The Labute approximate surface area is 399 Å². The summed E-state index contributed by atoms with van der Waals surface area (Å²) in [7, 11) is -4.68. The van der Waals surface area contributed by atoms with Crippen LogP contribution in [0.15, 0.2) is 46.1 Å². The third kappa shape index (κ3) is 11.3. The maximum atomic E-state index is 14.4. The first-order valence-corrected chi connectivity index (χ1v) is 30.8. The van der Waals surface area contributed by atoms with E-state index in [0.29, 0.717) is 42.9 Å². The molecular weight excluding hydrogens is 896 g/mol. The molecule has 4 aliphatic rings. The molecule has 7 atom stereocenters. The Morgan fingerprint density at radius 1 is 0.940 bits per heavy atom. The van der Waals surface area contributed by atoms with Gasteiger partial charge in [-0.2, -0.15) is 0 Å². The number of ether oxygens (including phenoxy) is 1. The van der Waals surface area contributed by atoms with Gasteiger partial charge in [0.2, 0.25) is 11.7 Å². The fourth-order valence-electron chi connectivity index (χ4n) is 10.7. The van der Waals surface area contributed by atoms with Gasteiger partial charge >= 0.3 is 6.09 Å². The minimum Gasteiger partial charge on any atom is -0.446 e. The van der Waals surface area contributed by atoms with E-state index in [9.17, 15) is 26.7 Å². The van der Waals surface area contributed by atoms with Crippen LogP contribution in [0.2, 0.25) is 36.3 Å². The van der Waals surface area contributed by atoms with E-state index < -0.39 is 69.2 Å². The summed E-state index contributed by atoms with van der Waals surface area (Å²) in [6, 6.07) is 0. The molecule has 7 nitrogen and oxygen atoms in total. The van der Waals surface area contributed by atoms with E-state index in [1.807, 2.05) is 6.20 Å². The second kappa shape index (κ2) is 20.0. The van der Waals surface area contributed by atoms with E-state index in [-0.39, 0.29) is 27.5 Å². The van der Waals surface area contributed by atoms with Crippen molar-refractivity contribution in [2.75, 3.05) is 5.32 Å². The van der Waals surface area contributed by atoms with Gasteiger partial charge in [0, 0.05) is 19.3 Å². The molecule has 1 N–H and O–H groups in total. The van der Waals surface area contributed by atoms with Crippen molar-refractivity contribution in [1.29, 1.82) is 0 Å². The van der Waals surface area contributed by atoms with Crippen molar-refractivity contribution in [2.24, 2.45) is 29.1 Å². The van der Waals surface area contributed by atoms with Gasteiger partial charge in [-0.05, 0) is 141 Å². The Morgan fingerprint density at radius 2 is 1.57 bits per heavy atom. The smallest absolute Gasteiger partial charge is 0.412 e. The third-order valence-corrected chi connectivity index (χ3v) is 26.0. The largest absolute Gasteiger partial charge is 0.446 e. The fourth-order valence-corrected chi connectivity index (χ4v) is 13.6. The summed E-state index contributed by atoms with van der Waals surface area (Å²) in [5.74, 6) is -8.07. The van der Waals surface area contributed by atoms with Crippen LogP contribution in [0.25, 0.3) is 0 Å². The Kier molecular flexibility index (Phi) is 15.9. The van der Waals surface area contributed by atoms with Gasteiger partial charge in [0.05, 0.1) is 12.3 Å². The molecule has 67 heavy (non-hydrogen) atoms. The number of unbranched alkanes of at least 4 members (excludes halogenated alkanes) is 1. The molecule has 0 saturated heterocycles. The Balaban J connectivity index is 1.25. The summed E-state index contributed by atoms with van der Waals surface area (Å²) in [5, 5.41) is 1.71. The Hall–Kier alpha value is -3.08. The van der Waals surface area contributed by atoms with Crippen molar-refractivity contribution >= 4 is 28.4 Å². The molecule has 4 saturated carbocycles. The molecule has 2 aromatic rings. The van der Waals surface area contributed by atoms with Crippen LogP contribution in [0.5, 0.6) is 0 Å². The number of rotatable bonds is 16. The van der Waals surface area contributed by atoms with E-state index in [1.165, 1.54) is 5.57 Å². The number of carbonyl (C=O) groups is 1. The fraction of sp³-hybridized carbons (Fsp3) is 0.698. The first-order valence-electron chi connectivity index (χ1n) is 25.0. The molecule has 0 aliphatic heterocycles. The molecule has 1 aromatic heterocycles. The number of halogens is 5. The molecule has 0 spiro atoms. The van der Waals surface area contributed by atoms with Crippen molar-refractivity contribution < 1.29 is 44.8 Å². The average molecular weight is 975 g/mol. The molecule has 14 heteroatoms. The van der Waals surface area contributed by atoms with E-state index >= 15 is 0 Å². The quantitative estimate of drug-likeness (QED) is 0.0781. The lowest BCUT2D eigenvalue weighted by atomic mass is 9.60.